The van der Waals surface area contributed by atoms with Gasteiger partial charge in [-0.25, -0.2) is 0 Å². The van der Waals surface area contributed by atoms with Gasteiger partial charge in [0.25, 0.3) is 5.91 Å². The van der Waals surface area contributed by atoms with Gasteiger partial charge < -0.3 is 29.8 Å². The van der Waals surface area contributed by atoms with Crippen LogP contribution in [0.1, 0.15) is 23.0 Å². The first-order chi connectivity index (χ1) is 14.5. The fourth-order valence-corrected chi connectivity index (χ4v) is 3.06. The van der Waals surface area contributed by atoms with Gasteiger partial charge >= 0.3 is 0 Å². The molecule has 3 rings (SSSR count). The van der Waals surface area contributed by atoms with Crippen molar-refractivity contribution < 1.29 is 23.8 Å². The third kappa shape index (κ3) is 4.48. The molecule has 158 valence electrons. The Bertz CT molecular complexity index is 1000. The van der Waals surface area contributed by atoms with Crippen LogP contribution in [-0.2, 0) is 11.3 Å². The van der Waals surface area contributed by atoms with Crippen molar-refractivity contribution >= 4 is 22.7 Å². The predicted octanol–water partition coefficient (Wildman–Crippen LogP) is 2.63. The van der Waals surface area contributed by atoms with Crippen LogP contribution in [0.15, 0.2) is 42.5 Å². The van der Waals surface area contributed by atoms with E-state index in [0.717, 1.165) is 16.7 Å². The number of amides is 2. The molecule has 1 heterocycles. The minimum absolute atomic E-state index is 0.287. The summed E-state index contributed by atoms with van der Waals surface area (Å²) in [5.74, 6) is 1.27. The Labute approximate surface area is 174 Å². The molecule has 2 aromatic carbocycles. The Morgan fingerprint density at radius 3 is 2.27 bits per heavy atom. The second kappa shape index (κ2) is 9.21. The predicted molar refractivity (Wildman–Crippen MR) is 113 cm³/mol. The van der Waals surface area contributed by atoms with Crippen LogP contribution < -0.4 is 24.8 Å². The molecule has 0 saturated carbocycles. The third-order valence-corrected chi connectivity index (χ3v) is 4.77. The molecule has 30 heavy (non-hydrogen) atoms. The first-order valence-corrected chi connectivity index (χ1v) is 9.42. The summed E-state index contributed by atoms with van der Waals surface area (Å²) in [7, 11) is 4.71. The number of ether oxygens (including phenoxy) is 3. The van der Waals surface area contributed by atoms with E-state index >= 15 is 0 Å². The van der Waals surface area contributed by atoms with E-state index in [1.807, 2.05) is 24.3 Å². The molecule has 3 N–H and O–H groups in total. The van der Waals surface area contributed by atoms with Crippen LogP contribution in [0.2, 0.25) is 0 Å². The Hall–Kier alpha value is -3.68. The highest BCUT2D eigenvalue weighted by Gasteiger charge is 2.20. The van der Waals surface area contributed by atoms with Crippen molar-refractivity contribution in [1.29, 1.82) is 0 Å². The first kappa shape index (κ1) is 21.0. The minimum Gasteiger partial charge on any atom is -0.497 e. The summed E-state index contributed by atoms with van der Waals surface area (Å²) in [5.41, 5.74) is 1.89. The van der Waals surface area contributed by atoms with Crippen LogP contribution >= 0.6 is 0 Å². The van der Waals surface area contributed by atoms with E-state index in [2.05, 4.69) is 15.6 Å². The maximum atomic E-state index is 12.7. The Kier molecular flexibility index (Phi) is 6.46. The Morgan fingerprint density at radius 1 is 0.967 bits per heavy atom. The average molecular weight is 411 g/mol. The summed E-state index contributed by atoms with van der Waals surface area (Å²) >= 11 is 0. The van der Waals surface area contributed by atoms with Crippen LogP contribution in [0.3, 0.4) is 0 Å². The molecule has 3 aromatic rings. The molecule has 0 aliphatic carbocycles. The average Bonchev–Trinajstić information content (AvgIpc) is 3.22. The SMILES string of the molecule is COc1ccc(CNC(=O)[C@@H](C)NC(=O)c2cc3c(OC)ccc(OC)c3[nH]2)cc1. The van der Waals surface area contributed by atoms with Gasteiger partial charge in [0.05, 0.1) is 26.8 Å². The smallest absolute Gasteiger partial charge is 0.268 e. The summed E-state index contributed by atoms with van der Waals surface area (Å²) in [6.07, 6.45) is 0. The number of nitrogens with one attached hydrogen (secondary N) is 3. The molecule has 8 nitrogen and oxygen atoms in total. The van der Waals surface area contributed by atoms with Crippen LogP contribution in [0.25, 0.3) is 10.9 Å². The summed E-state index contributed by atoms with van der Waals surface area (Å²) in [6, 6.07) is 11.9. The van der Waals surface area contributed by atoms with Crippen molar-refractivity contribution in [2.45, 2.75) is 19.5 Å². The van der Waals surface area contributed by atoms with Gasteiger partial charge in [-0.2, -0.15) is 0 Å². The number of hydrogen-bond donors (Lipinski definition) is 3. The number of benzene rings is 2. The van der Waals surface area contributed by atoms with Crippen molar-refractivity contribution in [1.82, 2.24) is 15.6 Å². The highest BCUT2D eigenvalue weighted by atomic mass is 16.5. The molecule has 8 heteroatoms. The fourth-order valence-electron chi connectivity index (χ4n) is 3.06. The normalized spacial score (nSPS) is 11.6. The van der Waals surface area contributed by atoms with Crippen LogP contribution in [0.4, 0.5) is 0 Å². The van der Waals surface area contributed by atoms with E-state index in [4.69, 9.17) is 14.2 Å². The van der Waals surface area contributed by atoms with E-state index in [1.165, 1.54) is 0 Å². The highest BCUT2D eigenvalue weighted by molar-refractivity contribution is 6.02. The van der Waals surface area contributed by atoms with E-state index in [9.17, 15) is 9.59 Å². The van der Waals surface area contributed by atoms with Gasteiger partial charge in [0, 0.05) is 11.9 Å². The van der Waals surface area contributed by atoms with Gasteiger partial charge in [0.15, 0.2) is 0 Å². The Morgan fingerprint density at radius 2 is 1.63 bits per heavy atom. The zero-order valence-corrected chi connectivity index (χ0v) is 17.4. The first-order valence-electron chi connectivity index (χ1n) is 9.42. The van der Waals surface area contributed by atoms with Crippen molar-refractivity contribution in [3.63, 3.8) is 0 Å². The lowest BCUT2D eigenvalue weighted by molar-refractivity contribution is -0.122. The van der Waals surface area contributed by atoms with Crippen LogP contribution in [0.5, 0.6) is 17.2 Å². The Balaban J connectivity index is 1.65. The zero-order chi connectivity index (χ0) is 21.7. The molecule has 0 bridgehead atoms. The highest BCUT2D eigenvalue weighted by Crippen LogP contribution is 2.33. The maximum Gasteiger partial charge on any atom is 0.268 e. The summed E-state index contributed by atoms with van der Waals surface area (Å²) in [5, 5.41) is 6.23. The molecular formula is C22H25N3O5. The van der Waals surface area contributed by atoms with E-state index in [1.54, 1.807) is 46.5 Å². The molecule has 0 fully saturated rings. The zero-order valence-electron chi connectivity index (χ0n) is 17.4. The van der Waals surface area contributed by atoms with Gasteiger partial charge in [0.2, 0.25) is 5.91 Å². The van der Waals surface area contributed by atoms with Gasteiger partial charge in [-0.1, -0.05) is 12.1 Å². The van der Waals surface area contributed by atoms with Gasteiger partial charge in [-0.05, 0) is 42.8 Å². The number of methoxy groups -OCH3 is 3. The van der Waals surface area contributed by atoms with E-state index in [-0.39, 0.29) is 5.91 Å². The van der Waals surface area contributed by atoms with Crippen molar-refractivity contribution in [3.8, 4) is 17.2 Å². The molecule has 0 saturated heterocycles. The largest absolute Gasteiger partial charge is 0.497 e. The lowest BCUT2D eigenvalue weighted by Crippen LogP contribution is -2.44. The molecule has 1 aromatic heterocycles. The van der Waals surface area contributed by atoms with E-state index in [0.29, 0.717) is 29.3 Å². The summed E-state index contributed by atoms with van der Waals surface area (Å²) in [4.78, 5) is 28.1. The molecule has 0 spiro atoms. The van der Waals surface area contributed by atoms with Gasteiger partial charge in [-0.15, -0.1) is 0 Å². The quantitative estimate of drug-likeness (QED) is 0.529. The molecule has 0 aliphatic rings. The van der Waals surface area contributed by atoms with Gasteiger partial charge in [0.1, 0.15) is 29.0 Å². The number of H-pyrrole nitrogens is 1. The second-order valence-corrected chi connectivity index (χ2v) is 6.70. The molecular weight excluding hydrogens is 386 g/mol. The summed E-state index contributed by atoms with van der Waals surface area (Å²) in [6.45, 7) is 1.98. The van der Waals surface area contributed by atoms with Gasteiger partial charge in [-0.3, -0.25) is 9.59 Å². The van der Waals surface area contributed by atoms with Crippen LogP contribution in [-0.4, -0.2) is 44.2 Å². The molecule has 0 aliphatic heterocycles. The molecule has 0 unspecified atom stereocenters. The topological polar surface area (TPSA) is 102 Å². The molecule has 2 amide bonds. The number of aromatic amines is 1. The van der Waals surface area contributed by atoms with Crippen molar-refractivity contribution in [2.24, 2.45) is 0 Å². The lowest BCUT2D eigenvalue weighted by atomic mass is 10.2. The second-order valence-electron chi connectivity index (χ2n) is 6.70. The maximum absolute atomic E-state index is 12.7. The van der Waals surface area contributed by atoms with Crippen LogP contribution in [0, 0.1) is 0 Å². The molecule has 0 radical (unpaired) electrons. The number of aromatic nitrogens is 1. The van der Waals surface area contributed by atoms with Crippen molar-refractivity contribution in [2.75, 3.05) is 21.3 Å². The number of rotatable bonds is 8. The number of carbonyl (C=O) groups is 2. The standard InChI is InChI=1S/C22H25N3O5/c1-13(21(26)23-12-14-5-7-15(28-2)8-6-14)24-22(27)17-11-16-18(29-3)9-10-19(30-4)20(16)25-17/h5-11,13,25H,12H2,1-4H3,(H,23,26)(H,24,27)/t13-/m1/s1. The number of fused-ring (bicyclic) bond motifs is 1. The minimum atomic E-state index is -0.717. The number of hydrogen-bond acceptors (Lipinski definition) is 5. The van der Waals surface area contributed by atoms with Crippen molar-refractivity contribution in [3.05, 3.63) is 53.7 Å². The lowest BCUT2D eigenvalue weighted by Gasteiger charge is -2.14. The third-order valence-electron chi connectivity index (χ3n) is 4.77. The van der Waals surface area contributed by atoms with E-state index < -0.39 is 11.9 Å². The summed E-state index contributed by atoms with van der Waals surface area (Å²) < 4.78 is 15.8. The fraction of sp³-hybridized carbons (Fsp3) is 0.273. The molecule has 1 atom stereocenters. The monoisotopic (exact) mass is 411 g/mol. The number of carbonyl (C=O) groups excluding carboxylic acids is 2.